The average Bonchev–Trinajstić information content (AvgIpc) is 2.48. The van der Waals surface area contributed by atoms with Gasteiger partial charge in [0.05, 0.1) is 9.88 Å². The molecule has 14 heavy (non-hydrogen) atoms. The molecule has 0 aliphatic heterocycles. The Kier molecular flexibility index (Phi) is 3.53. The lowest BCUT2D eigenvalue weighted by atomic mass is 10.1. The summed E-state index contributed by atoms with van der Waals surface area (Å²) in [5.74, 6) is -0.361. The molecule has 0 spiro atoms. The molecular formula is C9H13ClN2OS. The Morgan fingerprint density at radius 1 is 1.64 bits per heavy atom. The molecule has 1 rings (SSSR count). The molecule has 5 heteroatoms. The second-order valence-corrected chi connectivity index (χ2v) is 5.35. The van der Waals surface area contributed by atoms with Crippen molar-refractivity contribution in [2.75, 3.05) is 0 Å². The average molecular weight is 233 g/mol. The zero-order valence-corrected chi connectivity index (χ0v) is 9.71. The third kappa shape index (κ3) is 2.97. The van der Waals surface area contributed by atoms with Crippen LogP contribution in [0.5, 0.6) is 0 Å². The van der Waals surface area contributed by atoms with Crippen LogP contribution in [-0.4, -0.2) is 11.4 Å². The van der Waals surface area contributed by atoms with Crippen molar-refractivity contribution in [3.63, 3.8) is 0 Å². The van der Waals surface area contributed by atoms with Gasteiger partial charge in [0, 0.05) is 11.4 Å². The fraction of sp³-hybridized carbons (Fsp3) is 0.444. The van der Waals surface area contributed by atoms with Crippen molar-refractivity contribution in [3.05, 3.63) is 21.3 Å². The van der Waals surface area contributed by atoms with Crippen LogP contribution in [0.15, 0.2) is 12.1 Å². The van der Waals surface area contributed by atoms with Crippen LogP contribution in [0.25, 0.3) is 0 Å². The SMILES string of the molecule is CC(C)(NCc1ccc(Cl)s1)C(N)=O. The van der Waals surface area contributed by atoms with E-state index in [1.807, 2.05) is 12.1 Å². The van der Waals surface area contributed by atoms with E-state index < -0.39 is 5.54 Å². The Morgan fingerprint density at radius 2 is 2.29 bits per heavy atom. The van der Waals surface area contributed by atoms with Crippen molar-refractivity contribution >= 4 is 28.8 Å². The molecule has 1 aromatic heterocycles. The summed E-state index contributed by atoms with van der Waals surface area (Å²) in [5.41, 5.74) is 4.53. The van der Waals surface area contributed by atoms with Crippen LogP contribution in [0, 0.1) is 0 Å². The molecule has 3 nitrogen and oxygen atoms in total. The predicted molar refractivity (Wildman–Crippen MR) is 59.4 cm³/mol. The Balaban J connectivity index is 2.52. The van der Waals surface area contributed by atoms with E-state index in [0.717, 1.165) is 9.21 Å². The van der Waals surface area contributed by atoms with Gasteiger partial charge >= 0.3 is 0 Å². The summed E-state index contributed by atoms with van der Waals surface area (Å²) in [6, 6.07) is 3.76. The summed E-state index contributed by atoms with van der Waals surface area (Å²) >= 11 is 7.26. The highest BCUT2D eigenvalue weighted by atomic mass is 35.5. The monoisotopic (exact) mass is 232 g/mol. The topological polar surface area (TPSA) is 55.1 Å². The first-order valence-electron chi connectivity index (χ1n) is 4.21. The van der Waals surface area contributed by atoms with Crippen LogP contribution in [0.3, 0.4) is 0 Å². The maximum absolute atomic E-state index is 11.0. The largest absolute Gasteiger partial charge is 0.368 e. The van der Waals surface area contributed by atoms with Crippen molar-refractivity contribution < 1.29 is 4.79 Å². The third-order valence-electron chi connectivity index (χ3n) is 1.95. The minimum Gasteiger partial charge on any atom is -0.368 e. The minimum absolute atomic E-state index is 0.361. The van der Waals surface area contributed by atoms with Gasteiger partial charge in [0.15, 0.2) is 0 Å². The van der Waals surface area contributed by atoms with E-state index in [-0.39, 0.29) is 5.91 Å². The van der Waals surface area contributed by atoms with Crippen LogP contribution < -0.4 is 11.1 Å². The van der Waals surface area contributed by atoms with Crippen LogP contribution in [-0.2, 0) is 11.3 Å². The first kappa shape index (κ1) is 11.5. The number of halogens is 1. The molecule has 0 unspecified atom stereocenters. The van der Waals surface area contributed by atoms with Crippen molar-refractivity contribution in [2.45, 2.75) is 25.9 Å². The van der Waals surface area contributed by atoms with Gasteiger partial charge in [-0.15, -0.1) is 11.3 Å². The Morgan fingerprint density at radius 3 is 2.71 bits per heavy atom. The van der Waals surface area contributed by atoms with Gasteiger partial charge in [0.25, 0.3) is 0 Å². The maximum atomic E-state index is 11.0. The number of carbonyl (C=O) groups excluding carboxylic acids is 1. The fourth-order valence-electron chi connectivity index (χ4n) is 0.842. The zero-order valence-electron chi connectivity index (χ0n) is 8.13. The number of rotatable bonds is 4. The van der Waals surface area contributed by atoms with Gasteiger partial charge in [-0.1, -0.05) is 11.6 Å². The van der Waals surface area contributed by atoms with E-state index in [1.54, 1.807) is 13.8 Å². The molecule has 0 aliphatic rings. The Hall–Kier alpha value is -0.580. The first-order valence-corrected chi connectivity index (χ1v) is 5.40. The highest BCUT2D eigenvalue weighted by Crippen LogP contribution is 2.21. The van der Waals surface area contributed by atoms with Crippen LogP contribution in [0.4, 0.5) is 0 Å². The smallest absolute Gasteiger partial charge is 0.237 e. The molecule has 1 amide bonds. The second kappa shape index (κ2) is 4.29. The van der Waals surface area contributed by atoms with Crippen LogP contribution in [0.2, 0.25) is 4.34 Å². The Labute approximate surface area is 92.3 Å². The minimum atomic E-state index is -0.684. The quantitative estimate of drug-likeness (QED) is 0.831. The van der Waals surface area contributed by atoms with Crippen molar-refractivity contribution in [2.24, 2.45) is 5.73 Å². The first-order chi connectivity index (χ1) is 6.42. The molecule has 1 aromatic rings. The van der Waals surface area contributed by atoms with E-state index >= 15 is 0 Å². The molecule has 78 valence electrons. The number of hydrogen-bond acceptors (Lipinski definition) is 3. The van der Waals surface area contributed by atoms with Crippen LogP contribution in [0.1, 0.15) is 18.7 Å². The van der Waals surface area contributed by atoms with E-state index in [2.05, 4.69) is 5.32 Å². The molecule has 1 heterocycles. The van der Waals surface area contributed by atoms with E-state index in [9.17, 15) is 4.79 Å². The van der Waals surface area contributed by atoms with E-state index in [1.165, 1.54) is 11.3 Å². The molecule has 0 aromatic carbocycles. The summed E-state index contributed by atoms with van der Waals surface area (Å²) in [6.07, 6.45) is 0. The van der Waals surface area contributed by atoms with Crippen molar-refractivity contribution in [1.29, 1.82) is 0 Å². The van der Waals surface area contributed by atoms with Crippen molar-refractivity contribution in [1.82, 2.24) is 5.32 Å². The van der Waals surface area contributed by atoms with Crippen LogP contribution >= 0.6 is 22.9 Å². The van der Waals surface area contributed by atoms with Gasteiger partial charge < -0.3 is 5.73 Å². The van der Waals surface area contributed by atoms with Gasteiger partial charge in [-0.25, -0.2) is 0 Å². The molecule has 3 N–H and O–H groups in total. The normalized spacial score (nSPS) is 11.6. The number of amides is 1. The molecule has 0 fully saturated rings. The Bertz CT molecular complexity index is 335. The molecular weight excluding hydrogens is 220 g/mol. The highest BCUT2D eigenvalue weighted by molar-refractivity contribution is 7.16. The highest BCUT2D eigenvalue weighted by Gasteiger charge is 2.23. The molecule has 0 bridgehead atoms. The zero-order chi connectivity index (χ0) is 10.8. The molecule has 0 aliphatic carbocycles. The summed E-state index contributed by atoms with van der Waals surface area (Å²) in [7, 11) is 0. The number of hydrogen-bond donors (Lipinski definition) is 2. The number of nitrogens with two attached hydrogens (primary N) is 1. The van der Waals surface area contributed by atoms with E-state index in [4.69, 9.17) is 17.3 Å². The molecule has 0 atom stereocenters. The van der Waals surface area contributed by atoms with Gasteiger partial charge in [-0.2, -0.15) is 0 Å². The lowest BCUT2D eigenvalue weighted by Crippen LogP contribution is -2.50. The number of primary amides is 1. The van der Waals surface area contributed by atoms with Gasteiger partial charge in [-0.3, -0.25) is 10.1 Å². The van der Waals surface area contributed by atoms with E-state index in [0.29, 0.717) is 6.54 Å². The summed E-state index contributed by atoms with van der Waals surface area (Å²) < 4.78 is 0.749. The van der Waals surface area contributed by atoms with Gasteiger partial charge in [-0.05, 0) is 26.0 Å². The number of nitrogens with one attached hydrogen (secondary N) is 1. The predicted octanol–water partition coefficient (Wildman–Crippen LogP) is 1.75. The lowest BCUT2D eigenvalue weighted by Gasteiger charge is -2.21. The standard InChI is InChI=1S/C9H13ClN2OS/c1-9(2,8(11)13)12-5-6-3-4-7(10)14-6/h3-4,12H,5H2,1-2H3,(H2,11,13). The fourth-order valence-corrected chi connectivity index (χ4v) is 1.87. The molecule has 0 saturated heterocycles. The number of thiophene rings is 1. The maximum Gasteiger partial charge on any atom is 0.237 e. The van der Waals surface area contributed by atoms with Gasteiger partial charge in [0.2, 0.25) is 5.91 Å². The summed E-state index contributed by atoms with van der Waals surface area (Å²) in [5, 5.41) is 3.07. The van der Waals surface area contributed by atoms with Crippen molar-refractivity contribution in [3.8, 4) is 0 Å². The second-order valence-electron chi connectivity index (χ2n) is 3.55. The van der Waals surface area contributed by atoms with Gasteiger partial charge in [0.1, 0.15) is 0 Å². The molecule has 0 saturated carbocycles. The lowest BCUT2D eigenvalue weighted by molar-refractivity contribution is -0.123. The molecule has 0 radical (unpaired) electrons. The summed E-state index contributed by atoms with van der Waals surface area (Å²) in [6.45, 7) is 4.11. The number of carbonyl (C=O) groups is 1. The third-order valence-corrected chi connectivity index (χ3v) is 3.18. The summed E-state index contributed by atoms with van der Waals surface area (Å²) in [4.78, 5) is 12.1.